The number of nitrogens with one attached hydrogen (secondary N) is 1. The summed E-state index contributed by atoms with van der Waals surface area (Å²) in [5.74, 6) is -2.05. The van der Waals surface area contributed by atoms with E-state index >= 15 is 0 Å². The number of hydrogen-bond donors (Lipinski definition) is 2. The molecule has 1 atom stereocenters. The minimum atomic E-state index is -1.34. The van der Waals surface area contributed by atoms with E-state index in [4.69, 9.17) is 5.11 Å². The van der Waals surface area contributed by atoms with Crippen LogP contribution in [0.1, 0.15) is 25.7 Å². The van der Waals surface area contributed by atoms with Crippen LogP contribution in [0, 0.1) is 0 Å². The Kier molecular flexibility index (Phi) is 3.00. The molecule has 72 valence electrons. The Morgan fingerprint density at radius 2 is 1.92 bits per heavy atom. The van der Waals surface area contributed by atoms with Crippen molar-refractivity contribution in [3.05, 3.63) is 0 Å². The fourth-order valence-electron chi connectivity index (χ4n) is 1.24. The third-order valence-electron chi connectivity index (χ3n) is 1.95. The van der Waals surface area contributed by atoms with Crippen molar-refractivity contribution < 1.29 is 19.5 Å². The quantitative estimate of drug-likeness (QED) is 0.549. The highest BCUT2D eigenvalue weighted by molar-refractivity contribution is 6.05. The number of carboxylic acid groups (broad SMARTS) is 1. The number of hydrogen-bond acceptors (Lipinski definition) is 3. The van der Waals surface area contributed by atoms with Crippen molar-refractivity contribution in [2.45, 2.75) is 31.7 Å². The Hall–Kier alpha value is -1.39. The number of ketones is 1. The van der Waals surface area contributed by atoms with Crippen LogP contribution >= 0.6 is 0 Å². The van der Waals surface area contributed by atoms with Crippen LogP contribution in [0.25, 0.3) is 0 Å². The number of Topliss-reactive ketones (excluding diaryl/α,β-unsaturated/α-hetero) is 1. The highest BCUT2D eigenvalue weighted by atomic mass is 16.4. The van der Waals surface area contributed by atoms with Gasteiger partial charge in [-0.05, 0) is 12.8 Å². The fourth-order valence-corrected chi connectivity index (χ4v) is 1.24. The Balaban J connectivity index is 2.70. The molecule has 0 aromatic carbocycles. The zero-order valence-corrected chi connectivity index (χ0v) is 7.08. The fraction of sp³-hybridized carbons (Fsp3) is 0.625. The number of carboxylic acids is 1. The summed E-state index contributed by atoms with van der Waals surface area (Å²) in [4.78, 5) is 32.7. The van der Waals surface area contributed by atoms with Crippen LogP contribution in [-0.2, 0) is 14.4 Å². The molecule has 1 heterocycles. The molecule has 2 N–H and O–H groups in total. The Morgan fingerprint density at radius 3 is 2.54 bits per heavy atom. The van der Waals surface area contributed by atoms with Crippen molar-refractivity contribution in [2.75, 3.05) is 0 Å². The SMILES string of the molecule is O=C1CCCCC(=O)C(C(=O)O)N1. The summed E-state index contributed by atoms with van der Waals surface area (Å²) in [6.45, 7) is 0. The first-order chi connectivity index (χ1) is 6.11. The maximum absolute atomic E-state index is 11.2. The first-order valence-electron chi connectivity index (χ1n) is 4.16. The minimum absolute atomic E-state index is 0.233. The van der Waals surface area contributed by atoms with Gasteiger partial charge in [0.1, 0.15) is 0 Å². The number of rotatable bonds is 1. The summed E-state index contributed by atoms with van der Waals surface area (Å²) in [5.41, 5.74) is 0. The lowest BCUT2D eigenvalue weighted by atomic mass is 10.0. The van der Waals surface area contributed by atoms with Gasteiger partial charge >= 0.3 is 5.97 Å². The second kappa shape index (κ2) is 4.02. The second-order valence-electron chi connectivity index (χ2n) is 3.01. The van der Waals surface area contributed by atoms with Crippen LogP contribution in [0.3, 0.4) is 0 Å². The molecule has 0 saturated carbocycles. The molecule has 0 bridgehead atoms. The molecule has 5 heteroatoms. The normalized spacial score (nSPS) is 24.5. The van der Waals surface area contributed by atoms with Gasteiger partial charge in [-0.2, -0.15) is 0 Å². The lowest BCUT2D eigenvalue weighted by Gasteiger charge is -2.15. The molecule has 13 heavy (non-hydrogen) atoms. The molecular formula is C8H11NO4. The third kappa shape index (κ3) is 2.54. The standard InChI is InChI=1S/C8H11NO4/c10-5-3-1-2-4-6(11)9-7(5)8(12)13/h7H,1-4H2,(H,9,11)(H,12,13). The summed E-state index contributed by atoms with van der Waals surface area (Å²) in [6, 6.07) is -1.34. The maximum atomic E-state index is 11.2. The van der Waals surface area contributed by atoms with Gasteiger partial charge in [0.05, 0.1) is 0 Å². The zero-order chi connectivity index (χ0) is 9.84. The number of amides is 1. The molecule has 1 rings (SSSR count). The molecule has 0 aliphatic carbocycles. The average molecular weight is 185 g/mol. The van der Waals surface area contributed by atoms with E-state index < -0.39 is 17.8 Å². The smallest absolute Gasteiger partial charge is 0.334 e. The molecule has 5 nitrogen and oxygen atoms in total. The molecule has 1 aliphatic heterocycles. The van der Waals surface area contributed by atoms with Gasteiger partial charge in [-0.15, -0.1) is 0 Å². The zero-order valence-electron chi connectivity index (χ0n) is 7.08. The minimum Gasteiger partial charge on any atom is -0.479 e. The van der Waals surface area contributed by atoms with Crippen molar-refractivity contribution in [1.82, 2.24) is 5.32 Å². The van der Waals surface area contributed by atoms with Crippen LogP contribution in [-0.4, -0.2) is 28.8 Å². The Morgan fingerprint density at radius 1 is 1.31 bits per heavy atom. The first kappa shape index (κ1) is 9.70. The van der Waals surface area contributed by atoms with Crippen LogP contribution in [0.4, 0.5) is 0 Å². The summed E-state index contributed by atoms with van der Waals surface area (Å²) in [5, 5.41) is 10.8. The average Bonchev–Trinajstić information content (AvgIpc) is 2.04. The van der Waals surface area contributed by atoms with E-state index in [-0.39, 0.29) is 12.3 Å². The Labute approximate surface area is 75.1 Å². The van der Waals surface area contributed by atoms with Gasteiger partial charge in [0.2, 0.25) is 5.91 Å². The third-order valence-corrected chi connectivity index (χ3v) is 1.95. The van der Waals surface area contributed by atoms with Crippen molar-refractivity contribution in [3.63, 3.8) is 0 Å². The van der Waals surface area contributed by atoms with Crippen molar-refractivity contribution in [3.8, 4) is 0 Å². The summed E-state index contributed by atoms with van der Waals surface area (Å²) >= 11 is 0. The molecule has 0 spiro atoms. The molecule has 1 amide bonds. The van der Waals surface area contributed by atoms with E-state index in [9.17, 15) is 14.4 Å². The predicted octanol–water partition coefficient (Wildman–Crippen LogP) is -0.301. The van der Waals surface area contributed by atoms with Crippen LogP contribution in [0.2, 0.25) is 0 Å². The molecule has 1 aliphatic rings. The van der Waals surface area contributed by atoms with Gasteiger partial charge < -0.3 is 10.4 Å². The molecule has 1 saturated heterocycles. The molecular weight excluding hydrogens is 174 g/mol. The van der Waals surface area contributed by atoms with E-state index in [0.29, 0.717) is 19.3 Å². The van der Waals surface area contributed by atoms with Gasteiger partial charge in [0.15, 0.2) is 11.8 Å². The highest BCUT2D eigenvalue weighted by Gasteiger charge is 2.28. The maximum Gasteiger partial charge on any atom is 0.334 e. The van der Waals surface area contributed by atoms with Crippen molar-refractivity contribution in [1.29, 1.82) is 0 Å². The first-order valence-corrected chi connectivity index (χ1v) is 4.16. The van der Waals surface area contributed by atoms with Gasteiger partial charge in [-0.3, -0.25) is 9.59 Å². The summed E-state index contributed by atoms with van der Waals surface area (Å²) < 4.78 is 0. The highest BCUT2D eigenvalue weighted by Crippen LogP contribution is 2.07. The van der Waals surface area contributed by atoms with Crippen LogP contribution in [0.15, 0.2) is 0 Å². The molecule has 1 fully saturated rings. The van der Waals surface area contributed by atoms with Gasteiger partial charge in [-0.25, -0.2) is 4.79 Å². The second-order valence-corrected chi connectivity index (χ2v) is 3.01. The molecule has 1 unspecified atom stereocenters. The van der Waals surface area contributed by atoms with Crippen molar-refractivity contribution in [2.24, 2.45) is 0 Å². The largest absolute Gasteiger partial charge is 0.479 e. The molecule has 0 radical (unpaired) electrons. The monoisotopic (exact) mass is 185 g/mol. The summed E-state index contributed by atoms with van der Waals surface area (Å²) in [6.07, 6.45) is 1.77. The molecule has 0 aromatic rings. The molecule has 0 aromatic heterocycles. The van der Waals surface area contributed by atoms with Crippen LogP contribution in [0.5, 0.6) is 0 Å². The van der Waals surface area contributed by atoms with Gasteiger partial charge in [0.25, 0.3) is 0 Å². The Bertz CT molecular complexity index is 249. The van der Waals surface area contributed by atoms with Crippen molar-refractivity contribution >= 4 is 17.7 Å². The summed E-state index contributed by atoms with van der Waals surface area (Å²) in [7, 11) is 0. The lowest BCUT2D eigenvalue weighted by molar-refractivity contribution is -0.146. The van der Waals surface area contributed by atoms with E-state index in [1.165, 1.54) is 0 Å². The van der Waals surface area contributed by atoms with E-state index in [2.05, 4.69) is 5.32 Å². The number of carbonyl (C=O) groups is 3. The van der Waals surface area contributed by atoms with E-state index in [1.807, 2.05) is 0 Å². The number of carbonyl (C=O) groups excluding carboxylic acids is 2. The van der Waals surface area contributed by atoms with Gasteiger partial charge in [-0.1, -0.05) is 0 Å². The van der Waals surface area contributed by atoms with E-state index in [0.717, 1.165) is 0 Å². The lowest BCUT2D eigenvalue weighted by Crippen LogP contribution is -2.47. The van der Waals surface area contributed by atoms with Gasteiger partial charge in [0, 0.05) is 12.8 Å². The van der Waals surface area contributed by atoms with E-state index in [1.54, 1.807) is 0 Å². The predicted molar refractivity (Wildman–Crippen MR) is 43.0 cm³/mol. The topological polar surface area (TPSA) is 83.5 Å². The van der Waals surface area contributed by atoms with Crippen LogP contribution < -0.4 is 5.32 Å². The number of aliphatic carboxylic acids is 1.